The molecular formula is C13H10BrClNOY-. The molecule has 5 heteroatoms. The molecule has 0 saturated heterocycles. The van der Waals surface area contributed by atoms with Gasteiger partial charge in [0.1, 0.15) is 0 Å². The number of rotatable bonds is 1. The summed E-state index contributed by atoms with van der Waals surface area (Å²) >= 11 is 9.11. The largest absolute Gasteiger partial charge is 0.344 e. The van der Waals surface area contributed by atoms with Crippen LogP contribution in [0.1, 0.15) is 5.56 Å². The summed E-state index contributed by atoms with van der Waals surface area (Å²) in [4.78, 5) is 11.8. The molecule has 18 heavy (non-hydrogen) atoms. The Morgan fingerprint density at radius 3 is 2.67 bits per heavy atom. The van der Waals surface area contributed by atoms with Crippen LogP contribution in [-0.4, -0.2) is 4.57 Å². The predicted octanol–water partition coefficient (Wildman–Crippen LogP) is 3.57. The first-order chi connectivity index (χ1) is 8.00. The topological polar surface area (TPSA) is 22.0 Å². The molecule has 0 aliphatic carbocycles. The van der Waals surface area contributed by atoms with Gasteiger partial charge in [0.15, 0.2) is 0 Å². The first-order valence-electron chi connectivity index (χ1n) is 5.04. The third-order valence-corrected chi connectivity index (χ3v) is 3.43. The van der Waals surface area contributed by atoms with Crippen LogP contribution in [0.4, 0.5) is 0 Å². The summed E-state index contributed by atoms with van der Waals surface area (Å²) in [6, 6.07) is 10.3. The minimum Gasteiger partial charge on any atom is -0.344 e. The van der Waals surface area contributed by atoms with Gasteiger partial charge in [-0.2, -0.15) is 12.1 Å². The molecule has 0 aliphatic rings. The van der Waals surface area contributed by atoms with Crippen LogP contribution in [0.15, 0.2) is 33.5 Å². The number of halogens is 2. The molecule has 1 aromatic heterocycles. The van der Waals surface area contributed by atoms with Gasteiger partial charge in [0.05, 0.1) is 0 Å². The Hall–Kier alpha value is 0.0439. The number of aryl methyl sites for hydroxylation is 1. The number of hydrogen-bond donors (Lipinski definition) is 0. The summed E-state index contributed by atoms with van der Waals surface area (Å²) in [5.41, 5.74) is 2.66. The molecule has 0 bridgehead atoms. The smallest absolute Gasteiger partial charge is 0.208 e. The van der Waals surface area contributed by atoms with E-state index in [4.69, 9.17) is 11.6 Å². The van der Waals surface area contributed by atoms with Crippen molar-refractivity contribution in [1.29, 1.82) is 0 Å². The Morgan fingerprint density at radius 1 is 1.39 bits per heavy atom. The number of nitrogens with zero attached hydrogens (tertiary/aromatic N) is 1. The van der Waals surface area contributed by atoms with E-state index in [0.717, 1.165) is 16.8 Å². The van der Waals surface area contributed by atoms with Crippen molar-refractivity contribution in [1.82, 2.24) is 4.57 Å². The van der Waals surface area contributed by atoms with Crippen LogP contribution in [0, 0.1) is 13.0 Å². The van der Waals surface area contributed by atoms with Gasteiger partial charge in [-0.1, -0.05) is 47.5 Å². The fraction of sp³-hybridized carbons (Fsp3) is 0.154. The average Bonchev–Trinajstić information content (AvgIpc) is 2.28. The Morgan fingerprint density at radius 2 is 2.06 bits per heavy atom. The predicted molar refractivity (Wildman–Crippen MR) is 73.4 cm³/mol. The van der Waals surface area contributed by atoms with Gasteiger partial charge < -0.3 is 4.57 Å². The van der Waals surface area contributed by atoms with Crippen LogP contribution >= 0.6 is 27.5 Å². The van der Waals surface area contributed by atoms with Crippen LogP contribution in [0.25, 0.3) is 11.3 Å². The second-order valence-electron chi connectivity index (χ2n) is 3.81. The molecule has 1 aromatic carbocycles. The van der Waals surface area contributed by atoms with Crippen LogP contribution in [0.3, 0.4) is 0 Å². The molecule has 0 fully saturated rings. The molecule has 1 heterocycles. The molecule has 2 nitrogen and oxygen atoms in total. The minimum absolute atomic E-state index is 0. The van der Waals surface area contributed by atoms with Gasteiger partial charge >= 0.3 is 0 Å². The first kappa shape index (κ1) is 16.1. The zero-order chi connectivity index (χ0) is 12.6. The Kier molecular flexibility index (Phi) is 5.79. The van der Waals surface area contributed by atoms with Gasteiger partial charge in [0.25, 0.3) is 0 Å². The summed E-state index contributed by atoms with van der Waals surface area (Å²) < 4.78 is 2.08. The van der Waals surface area contributed by atoms with Crippen molar-refractivity contribution in [3.05, 3.63) is 55.7 Å². The normalized spacial score (nSPS) is 10.0. The summed E-state index contributed by atoms with van der Waals surface area (Å²) in [7, 11) is 1.73. The van der Waals surface area contributed by atoms with Gasteiger partial charge in [-0.05, 0) is 4.47 Å². The first-order valence-corrected chi connectivity index (χ1v) is 6.21. The molecule has 0 N–H and O–H groups in total. The van der Waals surface area contributed by atoms with Crippen molar-refractivity contribution >= 4 is 27.5 Å². The summed E-state index contributed by atoms with van der Waals surface area (Å²) in [5, 5.41) is 0.688. The zero-order valence-corrected chi connectivity index (χ0v) is 15.2. The second-order valence-corrected chi connectivity index (χ2v) is 5.10. The summed E-state index contributed by atoms with van der Waals surface area (Å²) in [5.74, 6) is 0. The van der Waals surface area contributed by atoms with E-state index in [1.807, 2.05) is 25.1 Å². The van der Waals surface area contributed by atoms with E-state index in [-0.39, 0.29) is 38.3 Å². The van der Waals surface area contributed by atoms with Gasteiger partial charge in [0, 0.05) is 44.8 Å². The van der Waals surface area contributed by atoms with E-state index >= 15 is 0 Å². The molecule has 1 radical (unpaired) electrons. The molecule has 2 rings (SSSR count). The number of aromatic nitrogens is 1. The fourth-order valence-electron chi connectivity index (χ4n) is 1.70. The van der Waals surface area contributed by atoms with Crippen LogP contribution < -0.4 is 5.56 Å². The summed E-state index contributed by atoms with van der Waals surface area (Å²) in [6.07, 6.45) is 0. The van der Waals surface area contributed by atoms with Crippen molar-refractivity contribution in [3.63, 3.8) is 0 Å². The molecular weight excluding hydrogens is 390 g/mol. The second kappa shape index (κ2) is 6.47. The average molecular weight is 400 g/mol. The number of pyridine rings is 1. The Balaban J connectivity index is 0.00000162. The van der Waals surface area contributed by atoms with Crippen molar-refractivity contribution in [2.24, 2.45) is 7.05 Å². The molecule has 2 aromatic rings. The van der Waals surface area contributed by atoms with E-state index in [1.165, 1.54) is 0 Å². The van der Waals surface area contributed by atoms with Gasteiger partial charge in [-0.25, -0.2) is 0 Å². The molecule has 0 aliphatic heterocycles. The number of benzene rings is 1. The fourth-order valence-corrected chi connectivity index (χ4v) is 2.31. The van der Waals surface area contributed by atoms with Crippen molar-refractivity contribution in [3.8, 4) is 11.3 Å². The van der Waals surface area contributed by atoms with Crippen LogP contribution in [0.5, 0.6) is 0 Å². The molecule has 0 spiro atoms. The van der Waals surface area contributed by atoms with E-state index in [1.54, 1.807) is 17.7 Å². The Labute approximate surface area is 144 Å². The molecule has 0 amide bonds. The van der Waals surface area contributed by atoms with E-state index < -0.39 is 0 Å². The third kappa shape index (κ3) is 3.13. The summed E-state index contributed by atoms with van der Waals surface area (Å²) in [6.45, 7) is 1.96. The van der Waals surface area contributed by atoms with Crippen molar-refractivity contribution in [2.75, 3.05) is 0 Å². The standard InChI is InChI=1S/C13H10BrClNO.Y/c1-8-7-9(15)3-4-10(8)12-6-5-11(14)13(17)16(12)2;/h3-5,7H,1-2H3;/q-1;. The van der Waals surface area contributed by atoms with Gasteiger partial charge in [0.2, 0.25) is 5.56 Å². The third-order valence-electron chi connectivity index (χ3n) is 2.62. The van der Waals surface area contributed by atoms with Crippen molar-refractivity contribution < 1.29 is 32.7 Å². The zero-order valence-electron chi connectivity index (χ0n) is 10.00. The molecule has 91 valence electrons. The van der Waals surface area contributed by atoms with Gasteiger partial charge in [-0.15, -0.1) is 22.0 Å². The maximum Gasteiger partial charge on any atom is 0.208 e. The molecule has 0 atom stereocenters. The quantitative estimate of drug-likeness (QED) is 0.671. The maximum absolute atomic E-state index is 11.8. The van der Waals surface area contributed by atoms with E-state index in [0.29, 0.717) is 9.50 Å². The SMILES string of the molecule is Cc1cc(Cl)ccc1-c1[c-]cc(Br)c(=O)n1C.[Y]. The van der Waals surface area contributed by atoms with Crippen LogP contribution in [0.2, 0.25) is 5.02 Å². The number of hydrogen-bond acceptors (Lipinski definition) is 1. The van der Waals surface area contributed by atoms with E-state index in [9.17, 15) is 4.79 Å². The monoisotopic (exact) mass is 399 g/mol. The van der Waals surface area contributed by atoms with E-state index in [2.05, 4.69) is 22.0 Å². The van der Waals surface area contributed by atoms with Crippen LogP contribution in [-0.2, 0) is 39.8 Å². The molecule has 0 saturated carbocycles. The van der Waals surface area contributed by atoms with Gasteiger partial charge in [-0.3, -0.25) is 4.79 Å². The molecule has 0 unspecified atom stereocenters. The maximum atomic E-state index is 11.8. The van der Waals surface area contributed by atoms with Crippen molar-refractivity contribution in [2.45, 2.75) is 6.92 Å². The Bertz CT molecular complexity index is 639. The minimum atomic E-state index is -0.0758.